The number of carbonyl (C=O) groups is 2. The van der Waals surface area contributed by atoms with Crippen LogP contribution >= 0.6 is 11.6 Å². The van der Waals surface area contributed by atoms with Crippen molar-refractivity contribution in [3.8, 4) is 0 Å². The first kappa shape index (κ1) is 11.8. The fourth-order valence-corrected chi connectivity index (χ4v) is 0.310. The number of carboxylic acid groups (broad SMARTS) is 1. The maximum atomic E-state index is 10.1. The summed E-state index contributed by atoms with van der Waals surface area (Å²) in [5, 5.41) is 7.94. The molecule has 0 atom stereocenters. The van der Waals surface area contributed by atoms with E-state index < -0.39 is 18.2 Å². The zero-order chi connectivity index (χ0) is 6.57. The number of ketones is 1. The van der Waals surface area contributed by atoms with E-state index in [1.807, 2.05) is 0 Å². The fourth-order valence-electron chi connectivity index (χ4n) is 0.216. The number of aliphatic carboxylic acids is 1. The summed E-state index contributed by atoms with van der Waals surface area (Å²) < 4.78 is 0. The average Bonchev–Trinajstić information content (AvgIpc) is 1.65. The molecule has 0 aromatic rings. The molecule has 0 aliphatic carbocycles. The van der Waals surface area contributed by atoms with Gasteiger partial charge in [0.2, 0.25) is 0 Å². The van der Waals surface area contributed by atoms with E-state index in [1.54, 1.807) is 0 Å². The third kappa shape index (κ3) is 8.03. The van der Waals surface area contributed by atoms with Crippen LogP contribution in [-0.2, 0) is 9.59 Å². The fraction of sp³-hybridized carbons (Fsp3) is 0.500. The topological polar surface area (TPSA) is 54.4 Å². The SMILES string of the molecule is O=C(O)CC(=O)CCl.[H-].[Li+]. The Morgan fingerprint density at radius 2 is 2.00 bits per heavy atom. The third-order valence-electron chi connectivity index (χ3n) is 0.497. The Balaban J connectivity index is -0.000000245. The molecule has 5 heteroatoms. The minimum atomic E-state index is -1.13. The van der Waals surface area contributed by atoms with Crippen molar-refractivity contribution in [2.75, 3.05) is 5.88 Å². The van der Waals surface area contributed by atoms with Gasteiger partial charge in [0, 0.05) is 0 Å². The number of carbonyl (C=O) groups excluding carboxylic acids is 1. The van der Waals surface area contributed by atoms with E-state index in [9.17, 15) is 9.59 Å². The van der Waals surface area contributed by atoms with Crippen LogP contribution in [0.3, 0.4) is 0 Å². The van der Waals surface area contributed by atoms with Crippen molar-refractivity contribution in [3.05, 3.63) is 0 Å². The van der Waals surface area contributed by atoms with Crippen molar-refractivity contribution in [1.82, 2.24) is 0 Å². The molecule has 0 spiro atoms. The van der Waals surface area contributed by atoms with Crippen LogP contribution in [0.5, 0.6) is 0 Å². The largest absolute Gasteiger partial charge is 1.00 e. The summed E-state index contributed by atoms with van der Waals surface area (Å²) >= 11 is 4.98. The van der Waals surface area contributed by atoms with Gasteiger partial charge >= 0.3 is 24.8 Å². The van der Waals surface area contributed by atoms with Gasteiger partial charge in [0.25, 0.3) is 0 Å². The summed E-state index contributed by atoms with van der Waals surface area (Å²) in [7, 11) is 0. The normalized spacial score (nSPS) is 7.67. The molecule has 0 aliphatic heterocycles. The molecule has 0 fully saturated rings. The van der Waals surface area contributed by atoms with Gasteiger partial charge in [0.1, 0.15) is 6.42 Å². The predicted molar refractivity (Wildman–Crippen MR) is 29.1 cm³/mol. The third-order valence-corrected chi connectivity index (χ3v) is 0.796. The van der Waals surface area contributed by atoms with E-state index in [0.29, 0.717) is 0 Å². The smallest absolute Gasteiger partial charge is 1.00 e. The number of hydrogen-bond donors (Lipinski definition) is 1. The van der Waals surface area contributed by atoms with Crippen LogP contribution in [-0.4, -0.2) is 22.7 Å². The number of hydrogen-bond acceptors (Lipinski definition) is 2. The zero-order valence-corrected chi connectivity index (χ0v) is 5.81. The van der Waals surface area contributed by atoms with Crippen LogP contribution in [0, 0.1) is 0 Å². The molecule has 0 radical (unpaired) electrons. The van der Waals surface area contributed by atoms with Gasteiger partial charge in [-0.3, -0.25) is 9.59 Å². The van der Waals surface area contributed by atoms with E-state index in [2.05, 4.69) is 0 Å². The van der Waals surface area contributed by atoms with Crippen molar-refractivity contribution in [2.24, 2.45) is 0 Å². The van der Waals surface area contributed by atoms with Crippen molar-refractivity contribution < 1.29 is 35.0 Å². The molecule has 0 saturated heterocycles. The van der Waals surface area contributed by atoms with Gasteiger partial charge in [0.15, 0.2) is 5.78 Å². The van der Waals surface area contributed by atoms with Crippen LogP contribution < -0.4 is 18.9 Å². The van der Waals surface area contributed by atoms with E-state index in [-0.39, 0.29) is 26.2 Å². The molecule has 0 heterocycles. The molecule has 0 amide bonds. The summed E-state index contributed by atoms with van der Waals surface area (Å²) in [5.74, 6) is -1.80. The van der Waals surface area contributed by atoms with Crippen LogP contribution in [0.15, 0.2) is 0 Å². The summed E-state index contributed by atoms with van der Waals surface area (Å²) in [6.07, 6.45) is -0.469. The van der Waals surface area contributed by atoms with E-state index in [1.165, 1.54) is 0 Å². The van der Waals surface area contributed by atoms with Crippen molar-refractivity contribution in [3.63, 3.8) is 0 Å². The minimum Gasteiger partial charge on any atom is -1.00 e. The Hall–Kier alpha value is 0.0274. The molecule has 0 unspecified atom stereocenters. The molecule has 3 nitrogen and oxygen atoms in total. The quantitative estimate of drug-likeness (QED) is 0.268. The van der Waals surface area contributed by atoms with Gasteiger partial charge in [-0.05, 0) is 0 Å². The second-order valence-corrected chi connectivity index (χ2v) is 1.51. The van der Waals surface area contributed by atoms with E-state index >= 15 is 0 Å². The van der Waals surface area contributed by atoms with Gasteiger partial charge in [-0.1, -0.05) is 0 Å². The molecule has 1 N–H and O–H groups in total. The second-order valence-electron chi connectivity index (χ2n) is 1.24. The van der Waals surface area contributed by atoms with Crippen LogP contribution in [0.4, 0.5) is 0 Å². The molecule has 48 valence electrons. The summed E-state index contributed by atoms with van der Waals surface area (Å²) in [4.78, 5) is 19.8. The first-order valence-corrected chi connectivity index (χ1v) is 2.49. The Labute approximate surface area is 71.0 Å². The molecule has 0 rings (SSSR count). The van der Waals surface area contributed by atoms with Crippen molar-refractivity contribution in [2.45, 2.75) is 6.42 Å². The van der Waals surface area contributed by atoms with Gasteiger partial charge < -0.3 is 6.53 Å². The van der Waals surface area contributed by atoms with Crippen molar-refractivity contribution in [1.29, 1.82) is 0 Å². The zero-order valence-electron chi connectivity index (χ0n) is 6.06. The van der Waals surface area contributed by atoms with Gasteiger partial charge in [0.05, 0.1) is 5.88 Å². The summed E-state index contributed by atoms with van der Waals surface area (Å²) in [6.45, 7) is 0. The average molecular weight is 144 g/mol. The van der Waals surface area contributed by atoms with Crippen LogP contribution in [0.25, 0.3) is 0 Å². The van der Waals surface area contributed by atoms with Gasteiger partial charge in [-0.25, -0.2) is 0 Å². The standard InChI is InChI=1S/C4H5ClO3.Li.H/c5-2-3(6)1-4(7)8;;/h1-2H2,(H,7,8);;/q;+1;-1. The summed E-state index contributed by atoms with van der Waals surface area (Å²) in [6, 6.07) is 0. The van der Waals surface area contributed by atoms with E-state index in [0.717, 1.165) is 0 Å². The number of carboxylic acids is 1. The second kappa shape index (κ2) is 6.15. The monoisotopic (exact) mass is 144 g/mol. The summed E-state index contributed by atoms with van der Waals surface area (Å²) in [5.41, 5.74) is 0. The van der Waals surface area contributed by atoms with Crippen LogP contribution in [0.2, 0.25) is 0 Å². The molecular weight excluding hydrogens is 138 g/mol. The molecule has 0 aliphatic rings. The maximum Gasteiger partial charge on any atom is 1.00 e. The van der Waals surface area contributed by atoms with Crippen molar-refractivity contribution >= 4 is 23.4 Å². The Morgan fingerprint density at radius 1 is 1.56 bits per heavy atom. The molecular formula is C4H6ClLiO3. The predicted octanol–water partition coefficient (Wildman–Crippen LogP) is -2.61. The van der Waals surface area contributed by atoms with Gasteiger partial charge in [-0.15, -0.1) is 11.6 Å². The molecule has 0 aromatic heterocycles. The first-order valence-electron chi connectivity index (χ1n) is 1.96. The molecule has 0 bridgehead atoms. The maximum absolute atomic E-state index is 10.1. The molecule has 9 heavy (non-hydrogen) atoms. The van der Waals surface area contributed by atoms with E-state index in [4.69, 9.17) is 16.7 Å². The van der Waals surface area contributed by atoms with Gasteiger partial charge in [-0.2, -0.15) is 0 Å². The number of halogens is 1. The van der Waals surface area contributed by atoms with Crippen LogP contribution in [0.1, 0.15) is 7.85 Å². The number of rotatable bonds is 3. The molecule has 0 saturated carbocycles. The Bertz CT molecular complexity index is 119. The number of Topliss-reactive ketones (excluding diaryl/α,β-unsaturated/α-hetero) is 1. The Morgan fingerprint density at radius 3 is 2.11 bits per heavy atom. The Kier molecular flexibility index (Phi) is 8.05. The minimum absolute atomic E-state index is 0. The number of alkyl halides is 1. The molecule has 0 aromatic carbocycles. The first-order chi connectivity index (χ1) is 3.66.